The number of esters is 1. The molecular weight excluding hydrogens is 720 g/mol. The van der Waals surface area contributed by atoms with Crippen molar-refractivity contribution in [1.29, 1.82) is 0 Å². The van der Waals surface area contributed by atoms with Crippen molar-refractivity contribution in [2.45, 2.75) is 102 Å². The van der Waals surface area contributed by atoms with Crippen molar-refractivity contribution in [3.63, 3.8) is 0 Å². The molecular formula is C38H47F2N7O8. The number of anilines is 1. The normalized spacial score (nSPS) is 25.8. The molecule has 0 spiro atoms. The van der Waals surface area contributed by atoms with E-state index in [1.165, 1.54) is 42.5 Å². The molecule has 0 bridgehead atoms. The van der Waals surface area contributed by atoms with Gasteiger partial charge in [-0.05, 0) is 83.2 Å². The summed E-state index contributed by atoms with van der Waals surface area (Å²) in [5, 5.41) is 10.3. The van der Waals surface area contributed by atoms with Crippen molar-refractivity contribution in [3.05, 3.63) is 65.2 Å². The number of amides is 7. The SMILES string of the molecule is Cc1ccc(NC(=O)N[C@@H](Cc2cc(F)cc(F)c2)C(=O)NC2C(=O)N3CCC[C@H]3C(=O)N(C)[C@@H](C)C(=O)N[C@@H](C)C(=O)N3CCC[C@H]3C(=O)O[C@H]2C)cc1. The summed E-state index contributed by atoms with van der Waals surface area (Å²) in [7, 11) is 1.41. The van der Waals surface area contributed by atoms with Crippen LogP contribution in [0.5, 0.6) is 0 Å². The van der Waals surface area contributed by atoms with Crippen LogP contribution >= 0.6 is 0 Å². The number of halogens is 2. The largest absolute Gasteiger partial charge is 0.458 e. The summed E-state index contributed by atoms with van der Waals surface area (Å²) in [5.74, 6) is -6.13. The smallest absolute Gasteiger partial charge is 0.329 e. The van der Waals surface area contributed by atoms with E-state index in [9.17, 15) is 42.3 Å². The average molecular weight is 768 g/mol. The van der Waals surface area contributed by atoms with Crippen LogP contribution in [0, 0.1) is 18.6 Å². The van der Waals surface area contributed by atoms with E-state index in [1.807, 2.05) is 6.92 Å². The molecule has 0 aromatic heterocycles. The maximum absolute atomic E-state index is 14.5. The zero-order chi connectivity index (χ0) is 40.1. The van der Waals surface area contributed by atoms with Gasteiger partial charge in [0.1, 0.15) is 54.0 Å². The van der Waals surface area contributed by atoms with Gasteiger partial charge in [0.15, 0.2) is 0 Å². The van der Waals surface area contributed by atoms with E-state index in [0.29, 0.717) is 24.6 Å². The van der Waals surface area contributed by atoms with Gasteiger partial charge in [-0.3, -0.25) is 24.0 Å². The van der Waals surface area contributed by atoms with Crippen LogP contribution in [0.4, 0.5) is 19.3 Å². The van der Waals surface area contributed by atoms with E-state index >= 15 is 0 Å². The van der Waals surface area contributed by atoms with Gasteiger partial charge in [-0.25, -0.2) is 18.4 Å². The molecule has 5 rings (SSSR count). The molecule has 3 saturated heterocycles. The number of hydrogen-bond donors (Lipinski definition) is 4. The highest BCUT2D eigenvalue weighted by molar-refractivity contribution is 5.98. The third kappa shape index (κ3) is 9.56. The molecule has 0 aliphatic carbocycles. The Morgan fingerprint density at radius 3 is 2.11 bits per heavy atom. The standard InChI is InChI=1S/C38H47F2N7O8/c1-20-10-12-27(13-11-20)42-38(54)43-28(18-24-16-25(39)19-26(40)17-24)33(49)44-31-23(4)55-37(53)30-9-7-15-47(30)34(50)21(2)41-32(48)22(3)45(5)35(51)29-8-6-14-46(29)36(31)52/h10-13,16-17,19,21-23,28-31H,6-9,14-15,18H2,1-5H3,(H,41,48)(H,44,49)(H2,42,43,54)/t21-,22-,23-,28-,29-,30-,31?/m0/s1. The minimum atomic E-state index is -1.62. The molecule has 296 valence electrons. The van der Waals surface area contributed by atoms with Crippen LogP contribution in [-0.2, 0) is 39.9 Å². The molecule has 15 nitrogen and oxygen atoms in total. The van der Waals surface area contributed by atoms with Gasteiger partial charge in [0.2, 0.25) is 29.5 Å². The number of aryl methyl sites for hydroxylation is 1. The Kier molecular flexibility index (Phi) is 12.7. The zero-order valence-corrected chi connectivity index (χ0v) is 31.4. The Balaban J connectivity index is 1.48. The molecule has 3 aliphatic heterocycles. The third-order valence-electron chi connectivity index (χ3n) is 10.3. The second-order valence-corrected chi connectivity index (χ2v) is 14.4. The number of rotatable bonds is 6. The van der Waals surface area contributed by atoms with E-state index < -0.39 is 102 Å². The molecule has 3 heterocycles. The van der Waals surface area contributed by atoms with Gasteiger partial charge in [-0.15, -0.1) is 0 Å². The summed E-state index contributed by atoms with van der Waals surface area (Å²) in [6.07, 6.45) is -0.434. The van der Waals surface area contributed by atoms with Crippen LogP contribution in [0.1, 0.15) is 57.6 Å². The van der Waals surface area contributed by atoms with Crippen LogP contribution < -0.4 is 21.3 Å². The lowest BCUT2D eigenvalue weighted by atomic mass is 10.0. The van der Waals surface area contributed by atoms with Crippen LogP contribution in [0.3, 0.4) is 0 Å². The monoisotopic (exact) mass is 767 g/mol. The zero-order valence-electron chi connectivity index (χ0n) is 31.4. The summed E-state index contributed by atoms with van der Waals surface area (Å²) in [6.45, 7) is 6.51. The first kappa shape index (κ1) is 40.6. The lowest BCUT2D eigenvalue weighted by molar-refractivity contribution is -0.162. The molecule has 4 N–H and O–H groups in total. The van der Waals surface area contributed by atoms with Gasteiger partial charge in [-0.2, -0.15) is 0 Å². The molecule has 2 aromatic carbocycles. The number of carbonyl (C=O) groups is 7. The maximum atomic E-state index is 14.5. The highest BCUT2D eigenvalue weighted by Crippen LogP contribution is 2.25. The molecule has 7 amide bonds. The summed E-state index contributed by atoms with van der Waals surface area (Å²) in [6, 6.07) is 1.30. The van der Waals surface area contributed by atoms with Crippen molar-refractivity contribution in [1.82, 2.24) is 30.7 Å². The number of nitrogens with zero attached hydrogens (tertiary/aromatic N) is 3. The second kappa shape index (κ2) is 17.2. The first-order chi connectivity index (χ1) is 26.0. The highest BCUT2D eigenvalue weighted by Gasteiger charge is 2.45. The Hall–Kier alpha value is -5.61. The van der Waals surface area contributed by atoms with Gasteiger partial charge in [0, 0.05) is 38.3 Å². The van der Waals surface area contributed by atoms with E-state index in [0.717, 1.165) is 17.7 Å². The molecule has 7 atom stereocenters. The molecule has 0 saturated carbocycles. The minimum absolute atomic E-state index is 0.0173. The maximum Gasteiger partial charge on any atom is 0.329 e. The number of ether oxygens (including phenoxy) is 1. The number of nitrogens with one attached hydrogen (secondary N) is 4. The van der Waals surface area contributed by atoms with E-state index in [-0.39, 0.29) is 31.5 Å². The van der Waals surface area contributed by atoms with Crippen molar-refractivity contribution in [2.24, 2.45) is 0 Å². The average Bonchev–Trinajstić information content (AvgIpc) is 3.83. The Morgan fingerprint density at radius 2 is 1.47 bits per heavy atom. The first-order valence-corrected chi connectivity index (χ1v) is 18.3. The number of cyclic esters (lactones) is 1. The number of carbonyl (C=O) groups excluding carboxylic acids is 7. The summed E-state index contributed by atoms with van der Waals surface area (Å²) >= 11 is 0. The van der Waals surface area contributed by atoms with E-state index in [1.54, 1.807) is 24.3 Å². The summed E-state index contributed by atoms with van der Waals surface area (Å²) in [4.78, 5) is 99.7. The molecule has 2 aromatic rings. The predicted octanol–water partition coefficient (Wildman–Crippen LogP) is 1.77. The number of hydrogen-bond acceptors (Lipinski definition) is 8. The molecule has 55 heavy (non-hydrogen) atoms. The fourth-order valence-corrected chi connectivity index (χ4v) is 7.09. The number of likely N-dealkylation sites (N-methyl/N-ethyl adjacent to an activating group) is 1. The van der Waals surface area contributed by atoms with Gasteiger partial charge in [0.25, 0.3) is 0 Å². The van der Waals surface area contributed by atoms with Crippen molar-refractivity contribution in [3.8, 4) is 0 Å². The van der Waals surface area contributed by atoms with Crippen molar-refractivity contribution < 1.29 is 47.1 Å². The minimum Gasteiger partial charge on any atom is -0.458 e. The quantitative estimate of drug-likeness (QED) is 0.321. The Bertz CT molecular complexity index is 1810. The van der Waals surface area contributed by atoms with Crippen LogP contribution in [0.15, 0.2) is 42.5 Å². The second-order valence-electron chi connectivity index (χ2n) is 14.4. The van der Waals surface area contributed by atoms with E-state index in [4.69, 9.17) is 4.74 Å². The predicted molar refractivity (Wildman–Crippen MR) is 194 cm³/mol. The van der Waals surface area contributed by atoms with Crippen LogP contribution in [0.25, 0.3) is 0 Å². The first-order valence-electron chi connectivity index (χ1n) is 18.3. The molecule has 0 radical (unpaired) electrons. The topological polar surface area (TPSA) is 187 Å². The fourth-order valence-electron chi connectivity index (χ4n) is 7.09. The summed E-state index contributed by atoms with van der Waals surface area (Å²) < 4.78 is 34.3. The van der Waals surface area contributed by atoms with Gasteiger partial charge >= 0.3 is 12.0 Å². The molecule has 17 heteroatoms. The number of benzene rings is 2. The van der Waals surface area contributed by atoms with Crippen LogP contribution in [-0.4, -0.2) is 119 Å². The van der Waals surface area contributed by atoms with Crippen molar-refractivity contribution in [2.75, 3.05) is 25.5 Å². The number of fused-ring (bicyclic) bond motifs is 2. The molecule has 3 aliphatic rings. The van der Waals surface area contributed by atoms with Crippen molar-refractivity contribution >= 4 is 47.2 Å². The lowest BCUT2D eigenvalue weighted by Crippen LogP contribution is -2.62. The Labute approximate surface area is 317 Å². The van der Waals surface area contributed by atoms with Gasteiger partial charge < -0.3 is 40.7 Å². The lowest BCUT2D eigenvalue weighted by Gasteiger charge is -2.36. The molecule has 3 fully saturated rings. The number of urea groups is 1. The van der Waals surface area contributed by atoms with Gasteiger partial charge in [0.05, 0.1) is 0 Å². The Morgan fingerprint density at radius 1 is 0.873 bits per heavy atom. The highest BCUT2D eigenvalue weighted by atomic mass is 19.1. The van der Waals surface area contributed by atoms with E-state index in [2.05, 4.69) is 21.3 Å². The molecule has 1 unspecified atom stereocenters. The van der Waals surface area contributed by atoms with Crippen LogP contribution in [0.2, 0.25) is 0 Å². The fraction of sp³-hybridized carbons (Fsp3) is 0.500. The van der Waals surface area contributed by atoms with Gasteiger partial charge in [-0.1, -0.05) is 17.7 Å². The third-order valence-corrected chi connectivity index (χ3v) is 10.3. The summed E-state index contributed by atoms with van der Waals surface area (Å²) in [5.41, 5.74) is 1.34.